The zero-order chi connectivity index (χ0) is 15.5. The van der Waals surface area contributed by atoms with Crippen LogP contribution in [-0.2, 0) is 4.74 Å². The van der Waals surface area contributed by atoms with Gasteiger partial charge in [-0.05, 0) is 36.5 Å². The number of methoxy groups -OCH3 is 1. The van der Waals surface area contributed by atoms with Gasteiger partial charge in [-0.15, -0.1) is 0 Å². The molecule has 1 fully saturated rings. The van der Waals surface area contributed by atoms with Crippen LogP contribution < -0.4 is 0 Å². The van der Waals surface area contributed by atoms with Gasteiger partial charge in [-0.3, -0.25) is 4.79 Å². The lowest BCUT2D eigenvalue weighted by Crippen LogP contribution is -2.43. The van der Waals surface area contributed by atoms with Gasteiger partial charge in [0.2, 0.25) is 0 Å². The van der Waals surface area contributed by atoms with E-state index in [0.29, 0.717) is 25.3 Å². The zero-order valence-corrected chi connectivity index (χ0v) is 12.5. The summed E-state index contributed by atoms with van der Waals surface area (Å²) < 4.78 is 5.24. The number of likely N-dealkylation sites (tertiary alicyclic amines) is 1. The van der Waals surface area contributed by atoms with Gasteiger partial charge in [0.15, 0.2) is 0 Å². The van der Waals surface area contributed by atoms with Crippen molar-refractivity contribution in [2.24, 2.45) is 5.41 Å². The lowest BCUT2D eigenvalue weighted by molar-refractivity contribution is 0.0301. The molecule has 1 N–H and O–H groups in total. The van der Waals surface area contributed by atoms with Crippen LogP contribution in [-0.4, -0.2) is 48.7 Å². The molecule has 5 heteroatoms. The summed E-state index contributed by atoms with van der Waals surface area (Å²) in [6.07, 6.45) is 1.79. The van der Waals surface area contributed by atoms with E-state index in [9.17, 15) is 9.59 Å². The Kier molecular flexibility index (Phi) is 4.63. The molecule has 1 aromatic rings. The SMILES string of the molecule is COCC1(C)CCN(C(=O)c2cccc(C(=O)O)c2)CC1. The number of carbonyl (C=O) groups is 2. The number of hydrogen-bond donors (Lipinski definition) is 1. The molecule has 0 spiro atoms. The van der Waals surface area contributed by atoms with Gasteiger partial charge in [-0.25, -0.2) is 4.79 Å². The van der Waals surface area contributed by atoms with Crippen LogP contribution in [0.1, 0.15) is 40.5 Å². The quantitative estimate of drug-likeness (QED) is 0.924. The van der Waals surface area contributed by atoms with E-state index in [2.05, 4.69) is 6.92 Å². The first-order chi connectivity index (χ1) is 9.95. The number of amides is 1. The van der Waals surface area contributed by atoms with Crippen LogP contribution in [0.2, 0.25) is 0 Å². The molecular weight excluding hydrogens is 270 g/mol. The number of nitrogens with zero attached hydrogens (tertiary/aromatic N) is 1. The summed E-state index contributed by atoms with van der Waals surface area (Å²) in [5.74, 6) is -1.12. The zero-order valence-electron chi connectivity index (χ0n) is 12.5. The van der Waals surface area contributed by atoms with Gasteiger partial charge < -0.3 is 14.7 Å². The Morgan fingerprint density at radius 3 is 2.48 bits per heavy atom. The molecule has 114 valence electrons. The smallest absolute Gasteiger partial charge is 0.335 e. The Morgan fingerprint density at radius 1 is 1.29 bits per heavy atom. The maximum Gasteiger partial charge on any atom is 0.335 e. The average molecular weight is 291 g/mol. The van der Waals surface area contributed by atoms with E-state index in [4.69, 9.17) is 9.84 Å². The number of rotatable bonds is 4. The highest BCUT2D eigenvalue weighted by molar-refractivity contribution is 5.97. The van der Waals surface area contributed by atoms with Gasteiger partial charge >= 0.3 is 5.97 Å². The fourth-order valence-corrected chi connectivity index (χ4v) is 2.71. The summed E-state index contributed by atoms with van der Waals surface area (Å²) >= 11 is 0. The van der Waals surface area contributed by atoms with E-state index < -0.39 is 5.97 Å². The van der Waals surface area contributed by atoms with Crippen LogP contribution in [0, 0.1) is 5.41 Å². The molecule has 0 atom stereocenters. The second kappa shape index (κ2) is 6.26. The van der Waals surface area contributed by atoms with Crippen LogP contribution in [0.4, 0.5) is 0 Å². The topological polar surface area (TPSA) is 66.8 Å². The molecule has 2 rings (SSSR count). The van der Waals surface area contributed by atoms with Gasteiger partial charge in [-0.1, -0.05) is 13.0 Å². The molecule has 1 amide bonds. The normalized spacial score (nSPS) is 17.5. The molecule has 1 heterocycles. The number of carboxylic acid groups (broad SMARTS) is 1. The van der Waals surface area contributed by atoms with Crippen molar-refractivity contribution in [3.8, 4) is 0 Å². The van der Waals surface area contributed by atoms with Crippen molar-refractivity contribution in [2.75, 3.05) is 26.8 Å². The third-order valence-corrected chi connectivity index (χ3v) is 4.11. The fraction of sp³-hybridized carbons (Fsp3) is 0.500. The predicted molar refractivity (Wildman–Crippen MR) is 78.5 cm³/mol. The number of carbonyl (C=O) groups excluding carboxylic acids is 1. The summed E-state index contributed by atoms with van der Waals surface area (Å²) in [5, 5.41) is 8.99. The molecule has 0 unspecified atom stereocenters. The number of piperidine rings is 1. The first-order valence-electron chi connectivity index (χ1n) is 7.07. The molecule has 5 nitrogen and oxygen atoms in total. The summed E-state index contributed by atoms with van der Waals surface area (Å²) in [6.45, 7) is 4.22. The molecule has 21 heavy (non-hydrogen) atoms. The largest absolute Gasteiger partial charge is 0.478 e. The molecule has 1 saturated heterocycles. The van der Waals surface area contributed by atoms with Crippen molar-refractivity contribution in [1.82, 2.24) is 4.90 Å². The lowest BCUT2D eigenvalue weighted by Gasteiger charge is -2.39. The Labute approximate surface area is 124 Å². The first-order valence-corrected chi connectivity index (χ1v) is 7.07. The molecule has 1 aliphatic heterocycles. The van der Waals surface area contributed by atoms with E-state index in [1.165, 1.54) is 12.1 Å². The van der Waals surface area contributed by atoms with E-state index in [1.807, 2.05) is 0 Å². The fourth-order valence-electron chi connectivity index (χ4n) is 2.71. The Morgan fingerprint density at radius 2 is 1.90 bits per heavy atom. The van der Waals surface area contributed by atoms with Gasteiger partial charge in [0.1, 0.15) is 0 Å². The van der Waals surface area contributed by atoms with Gasteiger partial charge in [-0.2, -0.15) is 0 Å². The minimum atomic E-state index is -1.02. The van der Waals surface area contributed by atoms with E-state index in [1.54, 1.807) is 24.1 Å². The molecular formula is C16H21NO4. The summed E-state index contributed by atoms with van der Waals surface area (Å²) in [5.41, 5.74) is 0.696. The first kappa shape index (κ1) is 15.5. The molecule has 0 bridgehead atoms. The van der Waals surface area contributed by atoms with Crippen LogP contribution >= 0.6 is 0 Å². The maximum absolute atomic E-state index is 12.4. The number of aromatic carboxylic acids is 1. The Hall–Kier alpha value is -1.88. The lowest BCUT2D eigenvalue weighted by atomic mass is 9.81. The molecule has 0 saturated carbocycles. The Bertz CT molecular complexity index is 533. The van der Waals surface area contributed by atoms with Gasteiger partial charge in [0.25, 0.3) is 5.91 Å². The maximum atomic E-state index is 12.4. The third-order valence-electron chi connectivity index (χ3n) is 4.11. The van der Waals surface area contributed by atoms with Crippen molar-refractivity contribution in [3.05, 3.63) is 35.4 Å². The highest BCUT2D eigenvalue weighted by atomic mass is 16.5. The average Bonchev–Trinajstić information content (AvgIpc) is 2.47. The summed E-state index contributed by atoms with van der Waals surface area (Å²) in [4.78, 5) is 25.2. The van der Waals surface area contributed by atoms with Crippen molar-refractivity contribution < 1.29 is 19.4 Å². The third kappa shape index (κ3) is 3.61. The van der Waals surface area contributed by atoms with Crippen LogP contribution in [0.5, 0.6) is 0 Å². The van der Waals surface area contributed by atoms with E-state index in [0.717, 1.165) is 12.8 Å². The number of carboxylic acids is 1. The molecule has 1 aromatic carbocycles. The highest BCUT2D eigenvalue weighted by Crippen LogP contribution is 2.31. The van der Waals surface area contributed by atoms with Crippen molar-refractivity contribution in [3.63, 3.8) is 0 Å². The Balaban J connectivity index is 2.05. The van der Waals surface area contributed by atoms with Crippen molar-refractivity contribution in [2.45, 2.75) is 19.8 Å². The van der Waals surface area contributed by atoms with Gasteiger partial charge in [0, 0.05) is 25.8 Å². The van der Waals surface area contributed by atoms with Crippen LogP contribution in [0.25, 0.3) is 0 Å². The molecule has 1 aliphatic rings. The van der Waals surface area contributed by atoms with Crippen molar-refractivity contribution in [1.29, 1.82) is 0 Å². The minimum Gasteiger partial charge on any atom is -0.478 e. The van der Waals surface area contributed by atoms with Crippen LogP contribution in [0.3, 0.4) is 0 Å². The second-order valence-corrected chi connectivity index (χ2v) is 5.92. The number of ether oxygens (including phenoxy) is 1. The minimum absolute atomic E-state index is 0.0995. The van der Waals surface area contributed by atoms with Gasteiger partial charge in [0.05, 0.1) is 12.2 Å². The van der Waals surface area contributed by atoms with E-state index in [-0.39, 0.29) is 16.9 Å². The second-order valence-electron chi connectivity index (χ2n) is 5.92. The predicted octanol–water partition coefficient (Wildman–Crippen LogP) is 2.27. The molecule has 0 aromatic heterocycles. The van der Waals surface area contributed by atoms with Crippen molar-refractivity contribution >= 4 is 11.9 Å². The standard InChI is InChI=1S/C16H21NO4/c1-16(11-21-2)6-8-17(9-7-16)14(18)12-4-3-5-13(10-12)15(19)20/h3-5,10H,6-9,11H2,1-2H3,(H,19,20). The summed E-state index contributed by atoms with van der Waals surface area (Å²) in [7, 11) is 1.69. The highest BCUT2D eigenvalue weighted by Gasteiger charge is 2.32. The summed E-state index contributed by atoms with van der Waals surface area (Å²) in [6, 6.07) is 6.20. The number of hydrogen-bond acceptors (Lipinski definition) is 3. The van der Waals surface area contributed by atoms with E-state index >= 15 is 0 Å². The molecule has 0 radical (unpaired) electrons. The van der Waals surface area contributed by atoms with Crippen LogP contribution in [0.15, 0.2) is 24.3 Å². The molecule has 0 aliphatic carbocycles. The number of benzene rings is 1. The monoisotopic (exact) mass is 291 g/mol.